The molecule has 1 heterocycles. The van der Waals surface area contributed by atoms with Gasteiger partial charge in [-0.05, 0) is 18.6 Å². The minimum Gasteiger partial charge on any atom is -0.480 e. The van der Waals surface area contributed by atoms with E-state index in [-0.39, 0.29) is 5.56 Å². The molecule has 0 aliphatic rings. The lowest BCUT2D eigenvalue weighted by Gasteiger charge is -2.10. The summed E-state index contributed by atoms with van der Waals surface area (Å²) in [5, 5.41) is 14.5. The molecule has 0 saturated heterocycles. The molecule has 0 fully saturated rings. The van der Waals surface area contributed by atoms with E-state index in [1.54, 1.807) is 12.1 Å². The van der Waals surface area contributed by atoms with Gasteiger partial charge in [0.15, 0.2) is 0 Å². The third-order valence-electron chi connectivity index (χ3n) is 3.72. The van der Waals surface area contributed by atoms with Gasteiger partial charge in [-0.15, -0.1) is 0 Å². The number of nitrogens with zero attached hydrogens (tertiary/aromatic N) is 2. The van der Waals surface area contributed by atoms with E-state index in [9.17, 15) is 9.59 Å². The number of aryl methyl sites for hydroxylation is 1. The van der Waals surface area contributed by atoms with Crippen LogP contribution in [-0.4, -0.2) is 20.9 Å². The van der Waals surface area contributed by atoms with Gasteiger partial charge < -0.3 is 5.11 Å². The summed E-state index contributed by atoms with van der Waals surface area (Å²) < 4.78 is 1.02. The number of carboxylic acids is 1. The van der Waals surface area contributed by atoms with Crippen LogP contribution in [0.25, 0.3) is 10.8 Å². The maximum Gasteiger partial charge on any atom is 0.325 e. The summed E-state index contributed by atoms with van der Waals surface area (Å²) in [4.78, 5) is 23.3. The third kappa shape index (κ3) is 3.13. The van der Waals surface area contributed by atoms with Gasteiger partial charge in [0.1, 0.15) is 6.54 Å². The molecule has 116 valence electrons. The monoisotopic (exact) mass is 308 g/mol. The summed E-state index contributed by atoms with van der Waals surface area (Å²) in [5.41, 5.74) is 2.55. The van der Waals surface area contributed by atoms with Gasteiger partial charge in [0.2, 0.25) is 0 Å². The van der Waals surface area contributed by atoms with Crippen molar-refractivity contribution in [1.82, 2.24) is 9.78 Å². The number of hydrogen-bond donors (Lipinski definition) is 1. The molecule has 3 aromatic rings. The van der Waals surface area contributed by atoms with Gasteiger partial charge in [0, 0.05) is 11.8 Å². The second kappa shape index (κ2) is 6.04. The molecule has 0 bridgehead atoms. The standard InChI is InChI=1S/C18H16N2O3/c1-12-6-8-13(9-7-12)10-16-14-4-2-3-5-15(14)18(23)20(19-16)11-17(21)22/h2-9H,10-11H2,1H3,(H,21,22). The van der Waals surface area contributed by atoms with E-state index in [1.165, 1.54) is 5.56 Å². The van der Waals surface area contributed by atoms with Gasteiger partial charge in [-0.1, -0.05) is 48.0 Å². The molecule has 5 heteroatoms. The topological polar surface area (TPSA) is 72.2 Å². The zero-order valence-electron chi connectivity index (χ0n) is 12.7. The molecular formula is C18H16N2O3. The summed E-state index contributed by atoms with van der Waals surface area (Å²) in [6.07, 6.45) is 0.542. The molecule has 0 spiro atoms. The van der Waals surface area contributed by atoms with Crippen molar-refractivity contribution in [2.45, 2.75) is 19.9 Å². The van der Waals surface area contributed by atoms with Crippen LogP contribution in [-0.2, 0) is 17.8 Å². The fraction of sp³-hybridized carbons (Fsp3) is 0.167. The van der Waals surface area contributed by atoms with Crippen LogP contribution in [0.2, 0.25) is 0 Å². The number of rotatable bonds is 4. The van der Waals surface area contributed by atoms with Gasteiger partial charge in [0.25, 0.3) is 5.56 Å². The summed E-state index contributed by atoms with van der Waals surface area (Å²) in [7, 11) is 0. The highest BCUT2D eigenvalue weighted by atomic mass is 16.4. The summed E-state index contributed by atoms with van der Waals surface area (Å²) in [6.45, 7) is 1.58. The predicted molar refractivity (Wildman–Crippen MR) is 87.6 cm³/mol. The second-order valence-corrected chi connectivity index (χ2v) is 5.51. The number of fused-ring (bicyclic) bond motifs is 1. The molecule has 1 aromatic heterocycles. The number of carboxylic acid groups (broad SMARTS) is 1. The highest BCUT2D eigenvalue weighted by Crippen LogP contribution is 2.17. The van der Waals surface area contributed by atoms with Crippen LogP contribution < -0.4 is 5.56 Å². The second-order valence-electron chi connectivity index (χ2n) is 5.51. The molecule has 3 rings (SSSR count). The first kappa shape index (κ1) is 15.0. The fourth-order valence-corrected chi connectivity index (χ4v) is 2.57. The minimum atomic E-state index is -1.09. The Morgan fingerprint density at radius 1 is 1.09 bits per heavy atom. The van der Waals surface area contributed by atoms with Gasteiger partial charge >= 0.3 is 5.97 Å². The van der Waals surface area contributed by atoms with E-state index in [0.717, 1.165) is 15.6 Å². The van der Waals surface area contributed by atoms with Gasteiger partial charge in [0.05, 0.1) is 11.1 Å². The van der Waals surface area contributed by atoms with E-state index >= 15 is 0 Å². The van der Waals surface area contributed by atoms with Crippen molar-refractivity contribution in [3.05, 3.63) is 75.7 Å². The lowest BCUT2D eigenvalue weighted by atomic mass is 10.0. The molecule has 0 aliphatic carbocycles. The Labute approximate surface area is 132 Å². The number of aliphatic carboxylic acids is 1. The molecule has 0 amide bonds. The first-order valence-corrected chi connectivity index (χ1v) is 7.30. The molecule has 0 saturated carbocycles. The number of carbonyl (C=O) groups is 1. The number of hydrogen-bond acceptors (Lipinski definition) is 3. The average molecular weight is 308 g/mol. The summed E-state index contributed by atoms with van der Waals surface area (Å²) in [5.74, 6) is -1.09. The fourth-order valence-electron chi connectivity index (χ4n) is 2.57. The van der Waals surface area contributed by atoms with Gasteiger partial charge in [-0.25, -0.2) is 4.68 Å². The van der Waals surface area contributed by atoms with Gasteiger partial charge in [-0.3, -0.25) is 9.59 Å². The van der Waals surface area contributed by atoms with Crippen molar-refractivity contribution in [2.75, 3.05) is 0 Å². The Balaban J connectivity index is 2.14. The van der Waals surface area contributed by atoms with E-state index in [2.05, 4.69) is 5.10 Å². The van der Waals surface area contributed by atoms with Crippen molar-refractivity contribution < 1.29 is 9.90 Å². The van der Waals surface area contributed by atoms with Gasteiger partial charge in [-0.2, -0.15) is 5.10 Å². The van der Waals surface area contributed by atoms with E-state index in [4.69, 9.17) is 5.11 Å². The highest BCUT2D eigenvalue weighted by molar-refractivity contribution is 5.84. The molecule has 0 atom stereocenters. The Bertz CT molecular complexity index is 927. The highest BCUT2D eigenvalue weighted by Gasteiger charge is 2.12. The van der Waals surface area contributed by atoms with Crippen LogP contribution in [0.5, 0.6) is 0 Å². The number of benzene rings is 2. The van der Waals surface area contributed by atoms with E-state index < -0.39 is 12.5 Å². The maximum atomic E-state index is 12.4. The van der Waals surface area contributed by atoms with Crippen LogP contribution in [0.1, 0.15) is 16.8 Å². The van der Waals surface area contributed by atoms with E-state index in [0.29, 0.717) is 17.5 Å². The smallest absolute Gasteiger partial charge is 0.325 e. The lowest BCUT2D eigenvalue weighted by Crippen LogP contribution is -2.28. The van der Waals surface area contributed by atoms with Crippen molar-refractivity contribution in [1.29, 1.82) is 0 Å². The largest absolute Gasteiger partial charge is 0.480 e. The van der Waals surface area contributed by atoms with Crippen molar-refractivity contribution in [2.24, 2.45) is 0 Å². The Morgan fingerprint density at radius 3 is 2.39 bits per heavy atom. The van der Waals surface area contributed by atoms with Crippen molar-refractivity contribution >= 4 is 16.7 Å². The quantitative estimate of drug-likeness (QED) is 0.803. The maximum absolute atomic E-state index is 12.4. The molecule has 0 unspecified atom stereocenters. The Kier molecular flexibility index (Phi) is 3.93. The van der Waals surface area contributed by atoms with Crippen LogP contribution in [0.15, 0.2) is 53.3 Å². The van der Waals surface area contributed by atoms with Crippen LogP contribution in [0.3, 0.4) is 0 Å². The van der Waals surface area contributed by atoms with Crippen LogP contribution in [0.4, 0.5) is 0 Å². The average Bonchev–Trinajstić information content (AvgIpc) is 2.53. The number of aromatic nitrogens is 2. The van der Waals surface area contributed by atoms with Crippen molar-refractivity contribution in [3.63, 3.8) is 0 Å². The molecule has 23 heavy (non-hydrogen) atoms. The Hall–Kier alpha value is -2.95. The molecule has 1 N–H and O–H groups in total. The van der Waals surface area contributed by atoms with Crippen LogP contribution in [0, 0.1) is 6.92 Å². The summed E-state index contributed by atoms with van der Waals surface area (Å²) in [6, 6.07) is 15.2. The van der Waals surface area contributed by atoms with Crippen molar-refractivity contribution in [3.8, 4) is 0 Å². The van der Waals surface area contributed by atoms with E-state index in [1.807, 2.05) is 43.3 Å². The first-order chi connectivity index (χ1) is 11.0. The summed E-state index contributed by atoms with van der Waals surface area (Å²) >= 11 is 0. The van der Waals surface area contributed by atoms with Crippen LogP contribution >= 0.6 is 0 Å². The third-order valence-corrected chi connectivity index (χ3v) is 3.72. The zero-order valence-corrected chi connectivity index (χ0v) is 12.7. The molecule has 5 nitrogen and oxygen atoms in total. The normalized spacial score (nSPS) is 10.8. The molecule has 0 radical (unpaired) electrons. The molecule has 0 aliphatic heterocycles. The minimum absolute atomic E-state index is 0.379. The lowest BCUT2D eigenvalue weighted by molar-refractivity contribution is -0.138. The first-order valence-electron chi connectivity index (χ1n) is 7.30. The SMILES string of the molecule is Cc1ccc(Cc2nn(CC(=O)O)c(=O)c3ccccc23)cc1. The zero-order chi connectivity index (χ0) is 16.4. The molecule has 2 aromatic carbocycles. The predicted octanol–water partition coefficient (Wildman–Crippen LogP) is 2.38. The molecular weight excluding hydrogens is 292 g/mol. The Morgan fingerprint density at radius 2 is 1.74 bits per heavy atom.